The number of carbonyl (C=O) groups excluding carboxylic acids is 1. The highest BCUT2D eigenvalue weighted by Crippen LogP contribution is 2.13. The molecule has 2 aromatic carbocycles. The molecule has 0 heterocycles. The maximum absolute atomic E-state index is 13.0. The van der Waals surface area contributed by atoms with E-state index in [0.717, 1.165) is 17.7 Å². The average Bonchev–Trinajstić information content (AvgIpc) is 2.45. The molecule has 0 spiro atoms. The van der Waals surface area contributed by atoms with Crippen LogP contribution in [0.1, 0.15) is 5.56 Å². The van der Waals surface area contributed by atoms with E-state index < -0.39 is 11.6 Å². The Labute approximate surface area is 125 Å². The van der Waals surface area contributed by atoms with Crippen molar-refractivity contribution >= 4 is 23.2 Å². The van der Waals surface area contributed by atoms with Gasteiger partial charge < -0.3 is 10.6 Å². The maximum atomic E-state index is 13.0. The van der Waals surface area contributed by atoms with Crippen LogP contribution in [0.2, 0.25) is 5.02 Å². The van der Waals surface area contributed by atoms with Gasteiger partial charge in [0.25, 0.3) is 0 Å². The van der Waals surface area contributed by atoms with Crippen LogP contribution in [-0.4, -0.2) is 12.5 Å². The van der Waals surface area contributed by atoms with E-state index in [2.05, 4.69) is 10.6 Å². The zero-order valence-electron chi connectivity index (χ0n) is 11.0. The van der Waals surface area contributed by atoms with Crippen LogP contribution in [-0.2, 0) is 11.3 Å². The van der Waals surface area contributed by atoms with Crippen LogP contribution in [0.25, 0.3) is 0 Å². The number of carbonyl (C=O) groups is 1. The quantitative estimate of drug-likeness (QED) is 0.889. The van der Waals surface area contributed by atoms with Gasteiger partial charge in [0.2, 0.25) is 5.91 Å². The summed E-state index contributed by atoms with van der Waals surface area (Å²) in [5.74, 6) is -2.29. The molecule has 0 bridgehead atoms. The van der Waals surface area contributed by atoms with Gasteiger partial charge in [0.05, 0.1) is 6.54 Å². The van der Waals surface area contributed by atoms with Crippen LogP contribution < -0.4 is 10.6 Å². The predicted octanol–water partition coefficient (Wildman–Crippen LogP) is 3.35. The molecule has 3 nitrogen and oxygen atoms in total. The van der Waals surface area contributed by atoms with E-state index >= 15 is 0 Å². The average molecular weight is 311 g/mol. The summed E-state index contributed by atoms with van der Waals surface area (Å²) in [6.45, 7) is 0.560. The van der Waals surface area contributed by atoms with Crippen LogP contribution in [0, 0.1) is 11.6 Å². The molecule has 0 radical (unpaired) electrons. The van der Waals surface area contributed by atoms with Crippen molar-refractivity contribution < 1.29 is 13.6 Å². The summed E-state index contributed by atoms with van der Waals surface area (Å²) in [7, 11) is 0. The van der Waals surface area contributed by atoms with Crippen molar-refractivity contribution in [1.29, 1.82) is 0 Å². The molecule has 2 N–H and O–H groups in total. The molecule has 21 heavy (non-hydrogen) atoms. The summed E-state index contributed by atoms with van der Waals surface area (Å²) in [5, 5.41) is 6.07. The van der Waals surface area contributed by atoms with Gasteiger partial charge in [-0.2, -0.15) is 0 Å². The molecule has 0 aliphatic carbocycles. The summed E-state index contributed by atoms with van der Waals surface area (Å²) in [4.78, 5) is 11.6. The zero-order valence-corrected chi connectivity index (χ0v) is 11.8. The number of halogens is 3. The molecule has 2 aromatic rings. The molecule has 1 amide bonds. The van der Waals surface area contributed by atoms with Crippen LogP contribution in [0.3, 0.4) is 0 Å². The van der Waals surface area contributed by atoms with Gasteiger partial charge in [-0.25, -0.2) is 8.78 Å². The fourth-order valence-electron chi connectivity index (χ4n) is 1.70. The summed E-state index contributed by atoms with van der Waals surface area (Å²) in [5.41, 5.74) is 1.20. The number of rotatable bonds is 5. The first-order chi connectivity index (χ1) is 10.0. The lowest BCUT2D eigenvalue weighted by Crippen LogP contribution is -2.27. The molecule has 110 valence electrons. The standard InChI is InChI=1S/C15H13ClF2N2O/c16-11-3-1-10(2-4-11)8-19-9-15(21)20-12-5-6-13(17)14(18)7-12/h1-7,19H,8-9H2,(H,20,21). The van der Waals surface area contributed by atoms with Crippen molar-refractivity contribution in [1.82, 2.24) is 5.32 Å². The van der Waals surface area contributed by atoms with Gasteiger partial charge in [-0.05, 0) is 29.8 Å². The Hall–Kier alpha value is -1.98. The zero-order chi connectivity index (χ0) is 15.2. The molecule has 6 heteroatoms. The topological polar surface area (TPSA) is 41.1 Å². The summed E-state index contributed by atoms with van der Waals surface area (Å²) >= 11 is 5.77. The Balaban J connectivity index is 1.79. The molecule has 0 aliphatic rings. The normalized spacial score (nSPS) is 10.4. The lowest BCUT2D eigenvalue weighted by molar-refractivity contribution is -0.115. The monoisotopic (exact) mass is 310 g/mol. The number of benzene rings is 2. The number of nitrogens with one attached hydrogen (secondary N) is 2. The lowest BCUT2D eigenvalue weighted by Gasteiger charge is -2.07. The first-order valence-electron chi connectivity index (χ1n) is 6.24. The minimum Gasteiger partial charge on any atom is -0.325 e. The molecule has 0 unspecified atom stereocenters. The Morgan fingerprint density at radius 2 is 1.76 bits per heavy atom. The first kappa shape index (κ1) is 15.4. The Morgan fingerprint density at radius 1 is 1.05 bits per heavy atom. The van der Waals surface area contributed by atoms with Gasteiger partial charge in [-0.1, -0.05) is 23.7 Å². The van der Waals surface area contributed by atoms with Crippen molar-refractivity contribution in [3.05, 3.63) is 64.7 Å². The SMILES string of the molecule is O=C(CNCc1ccc(Cl)cc1)Nc1ccc(F)c(F)c1. The number of anilines is 1. The lowest BCUT2D eigenvalue weighted by atomic mass is 10.2. The van der Waals surface area contributed by atoms with Gasteiger partial charge in [0.1, 0.15) is 0 Å². The van der Waals surface area contributed by atoms with Crippen molar-refractivity contribution in [2.45, 2.75) is 6.54 Å². The van der Waals surface area contributed by atoms with E-state index in [9.17, 15) is 13.6 Å². The molecule has 2 rings (SSSR count). The molecule has 0 atom stereocenters. The third kappa shape index (κ3) is 4.81. The Morgan fingerprint density at radius 3 is 2.43 bits per heavy atom. The van der Waals surface area contributed by atoms with E-state index in [1.54, 1.807) is 12.1 Å². The summed E-state index contributed by atoms with van der Waals surface area (Å²) in [6, 6.07) is 10.4. The van der Waals surface area contributed by atoms with Gasteiger partial charge >= 0.3 is 0 Å². The third-order valence-electron chi connectivity index (χ3n) is 2.73. The Bertz CT molecular complexity index is 632. The van der Waals surface area contributed by atoms with Crippen molar-refractivity contribution in [3.63, 3.8) is 0 Å². The van der Waals surface area contributed by atoms with Crippen molar-refractivity contribution in [3.8, 4) is 0 Å². The highest BCUT2D eigenvalue weighted by molar-refractivity contribution is 6.30. The minimum atomic E-state index is -0.998. The van der Waals surface area contributed by atoms with Crippen LogP contribution in [0.5, 0.6) is 0 Å². The molecule has 0 fully saturated rings. The smallest absolute Gasteiger partial charge is 0.238 e. The van der Waals surface area contributed by atoms with E-state index in [4.69, 9.17) is 11.6 Å². The highest BCUT2D eigenvalue weighted by atomic mass is 35.5. The van der Waals surface area contributed by atoms with Gasteiger partial charge in [-0.3, -0.25) is 4.79 Å². The highest BCUT2D eigenvalue weighted by Gasteiger charge is 2.06. The van der Waals surface area contributed by atoms with Crippen molar-refractivity contribution in [2.24, 2.45) is 0 Å². The van der Waals surface area contributed by atoms with Crippen LogP contribution in [0.15, 0.2) is 42.5 Å². The van der Waals surface area contributed by atoms with Crippen LogP contribution >= 0.6 is 11.6 Å². The molecule has 0 aromatic heterocycles. The molecule has 0 aliphatic heterocycles. The van der Waals surface area contributed by atoms with E-state index in [-0.39, 0.29) is 18.1 Å². The predicted molar refractivity (Wildman–Crippen MR) is 78.1 cm³/mol. The van der Waals surface area contributed by atoms with Crippen molar-refractivity contribution in [2.75, 3.05) is 11.9 Å². The number of hydrogen-bond donors (Lipinski definition) is 2. The Kier molecular flexibility index (Phi) is 5.25. The second-order valence-corrected chi connectivity index (χ2v) is 4.84. The second kappa shape index (κ2) is 7.15. The fraction of sp³-hybridized carbons (Fsp3) is 0.133. The summed E-state index contributed by atoms with van der Waals surface area (Å²) < 4.78 is 25.7. The number of amides is 1. The molecule has 0 saturated heterocycles. The maximum Gasteiger partial charge on any atom is 0.238 e. The summed E-state index contributed by atoms with van der Waals surface area (Å²) in [6.07, 6.45) is 0. The molecular weight excluding hydrogens is 298 g/mol. The third-order valence-corrected chi connectivity index (χ3v) is 2.98. The number of hydrogen-bond acceptors (Lipinski definition) is 2. The van der Waals surface area contributed by atoms with Crippen LogP contribution in [0.4, 0.5) is 14.5 Å². The van der Waals surface area contributed by atoms with Gasteiger partial charge in [0.15, 0.2) is 11.6 Å². The van der Waals surface area contributed by atoms with Gasteiger partial charge in [-0.15, -0.1) is 0 Å². The largest absolute Gasteiger partial charge is 0.325 e. The second-order valence-electron chi connectivity index (χ2n) is 4.41. The van der Waals surface area contributed by atoms with E-state index in [0.29, 0.717) is 11.6 Å². The minimum absolute atomic E-state index is 0.0572. The van der Waals surface area contributed by atoms with Gasteiger partial charge in [0, 0.05) is 23.3 Å². The first-order valence-corrected chi connectivity index (χ1v) is 6.62. The van der Waals surface area contributed by atoms with E-state index in [1.165, 1.54) is 6.07 Å². The fourth-order valence-corrected chi connectivity index (χ4v) is 1.83. The van der Waals surface area contributed by atoms with E-state index in [1.807, 2.05) is 12.1 Å². The molecule has 0 saturated carbocycles. The molecular formula is C15H13ClF2N2O.